The fourth-order valence-corrected chi connectivity index (χ4v) is 10.8. The van der Waals surface area contributed by atoms with Crippen LogP contribution in [-0.2, 0) is 42.5 Å². The van der Waals surface area contributed by atoms with Gasteiger partial charge in [-0.05, 0) is 23.9 Å². The average molecular weight is 864 g/mol. The Labute approximate surface area is 329 Å². The van der Waals surface area contributed by atoms with E-state index in [2.05, 4.69) is 15.0 Å². The van der Waals surface area contributed by atoms with E-state index in [1.54, 1.807) is 36.4 Å². The number of hydrogen-bond acceptors (Lipinski definition) is 16. The van der Waals surface area contributed by atoms with Gasteiger partial charge in [-0.25, -0.2) is 37.7 Å². The number of benzene rings is 2. The first kappa shape index (κ1) is 40.3. The molecule has 0 saturated carbocycles. The van der Waals surface area contributed by atoms with Crippen LogP contribution in [0, 0.1) is 6.92 Å². The maximum atomic E-state index is 16.6. The number of rotatable bonds is 7. The Morgan fingerprint density at radius 3 is 2.19 bits per heavy atom. The van der Waals surface area contributed by atoms with Crippen LogP contribution < -0.4 is 17.0 Å². The number of aromatic nitrogens is 6. The molecule has 3 aromatic heterocycles. The number of nitrogens with zero attached hydrogens (tertiary/aromatic N) is 5. The largest absolute Gasteiger partial charge is 0.472 e. The number of halogens is 2. The molecular formula is C34H33F2N7O12P2S. The highest BCUT2D eigenvalue weighted by Gasteiger charge is 2.55. The Balaban J connectivity index is 1.12. The number of aromatic amines is 1. The maximum Gasteiger partial charge on any atom is 0.472 e. The first-order chi connectivity index (χ1) is 27.7. The molecule has 1 unspecified atom stereocenters. The number of phosphoric acid groups is 1. The summed E-state index contributed by atoms with van der Waals surface area (Å²) in [6, 6.07) is 14.4. The molecule has 3 fully saturated rings. The van der Waals surface area contributed by atoms with Crippen LogP contribution in [0.25, 0.3) is 11.2 Å². The molecule has 3 aliphatic heterocycles. The topological polar surface area (TPSA) is 251 Å². The molecule has 10 atom stereocenters. The zero-order valence-corrected chi connectivity index (χ0v) is 32.6. The van der Waals surface area contributed by atoms with Gasteiger partial charge in [0.25, 0.3) is 5.56 Å². The molecule has 0 spiro atoms. The fraction of sp³-hybridized carbons (Fsp3) is 0.353. The number of nitrogens with two attached hydrogens (primary N) is 1. The molecule has 5 aromatic rings. The van der Waals surface area contributed by atoms with Crippen molar-refractivity contribution in [2.75, 3.05) is 18.9 Å². The van der Waals surface area contributed by atoms with Crippen LogP contribution in [0.2, 0.25) is 0 Å². The summed E-state index contributed by atoms with van der Waals surface area (Å²) in [7, 11) is -5.28. The minimum atomic E-state index is -5.28. The first-order valence-electron chi connectivity index (χ1n) is 17.5. The Morgan fingerprint density at radius 2 is 1.52 bits per heavy atom. The SMILES string of the molecule is Cc1ccc(C(=O)c2ccc(CS[P@]3(=O)OC[C@H]4O[C@@H](n5ccc(=O)[nH]c5=O)[C@H](OP(=O)(O)OC[C@H]5O[C@@H](n6cnc7c(N)ncnc76)[C@H](O3)[C@@H]5F)[C@@H]4F)cc2)cc1. The van der Waals surface area contributed by atoms with Crippen molar-refractivity contribution in [2.24, 2.45) is 0 Å². The molecule has 6 heterocycles. The van der Waals surface area contributed by atoms with Gasteiger partial charge in [0.05, 0.1) is 19.5 Å². The smallest absolute Gasteiger partial charge is 0.382 e. The van der Waals surface area contributed by atoms with Crippen molar-refractivity contribution in [1.82, 2.24) is 29.1 Å². The van der Waals surface area contributed by atoms with Gasteiger partial charge in [-0.2, -0.15) is 0 Å². The van der Waals surface area contributed by atoms with Gasteiger partial charge in [0.15, 0.2) is 42.0 Å². The van der Waals surface area contributed by atoms with E-state index in [0.717, 1.165) is 24.2 Å². The van der Waals surface area contributed by atoms with E-state index in [9.17, 15) is 28.4 Å². The third-order valence-corrected chi connectivity index (χ3v) is 14.2. The fourth-order valence-electron chi connectivity index (χ4n) is 6.56. The predicted octanol–water partition coefficient (Wildman–Crippen LogP) is 3.93. The monoisotopic (exact) mass is 863 g/mol. The van der Waals surface area contributed by atoms with Gasteiger partial charge in [-0.1, -0.05) is 54.1 Å². The minimum Gasteiger partial charge on any atom is -0.382 e. The van der Waals surface area contributed by atoms with E-state index in [-0.39, 0.29) is 28.5 Å². The number of carbonyl (C=O) groups is 1. The summed E-state index contributed by atoms with van der Waals surface area (Å²) in [5, 5.41) is 0. The van der Waals surface area contributed by atoms with Gasteiger partial charge >= 0.3 is 20.3 Å². The lowest BCUT2D eigenvalue weighted by Gasteiger charge is -2.27. The lowest BCUT2D eigenvalue weighted by molar-refractivity contribution is -0.0650. The number of anilines is 1. The number of carbonyl (C=O) groups excluding carboxylic acids is 1. The van der Waals surface area contributed by atoms with E-state index in [4.69, 9.17) is 33.3 Å². The van der Waals surface area contributed by atoms with Crippen LogP contribution >= 0.6 is 26.0 Å². The second kappa shape index (κ2) is 15.9. The van der Waals surface area contributed by atoms with Crippen LogP contribution in [-0.4, -0.2) is 89.7 Å². The average Bonchev–Trinajstić information content (AvgIpc) is 3.85. The zero-order valence-electron chi connectivity index (χ0n) is 30.0. The number of ketones is 1. The molecule has 2 aromatic carbocycles. The Kier molecular flexibility index (Phi) is 11.1. The van der Waals surface area contributed by atoms with E-state index in [0.29, 0.717) is 32.6 Å². The number of phosphoric ester groups is 1. The zero-order chi connectivity index (χ0) is 40.9. The van der Waals surface area contributed by atoms with Gasteiger partial charge in [-0.15, -0.1) is 0 Å². The van der Waals surface area contributed by atoms with E-state index >= 15 is 8.78 Å². The number of imidazole rings is 1. The third-order valence-electron chi connectivity index (χ3n) is 9.54. The number of alkyl halides is 2. The molecule has 19 nitrogen and oxygen atoms in total. The van der Waals surface area contributed by atoms with Crippen molar-refractivity contribution >= 4 is 48.8 Å². The van der Waals surface area contributed by atoms with E-state index in [1.807, 2.05) is 24.0 Å². The van der Waals surface area contributed by atoms with E-state index in [1.165, 1.54) is 10.9 Å². The summed E-state index contributed by atoms with van der Waals surface area (Å²) in [4.78, 5) is 62.4. The molecule has 3 aliphatic rings. The minimum absolute atomic E-state index is 0.0120. The molecule has 0 amide bonds. The van der Waals surface area contributed by atoms with Crippen molar-refractivity contribution in [3.63, 3.8) is 0 Å². The molecule has 4 bridgehead atoms. The Hall–Kier alpha value is -4.47. The van der Waals surface area contributed by atoms with Crippen molar-refractivity contribution in [1.29, 1.82) is 0 Å². The van der Waals surface area contributed by atoms with Crippen LogP contribution in [0.15, 0.2) is 83.0 Å². The van der Waals surface area contributed by atoms with Crippen LogP contribution in [0.4, 0.5) is 14.6 Å². The summed E-state index contributed by atoms with van der Waals surface area (Å²) in [5.74, 6) is -0.319. The summed E-state index contributed by atoms with van der Waals surface area (Å²) < 4.78 is 96.6. The molecular weight excluding hydrogens is 830 g/mol. The lowest BCUT2D eigenvalue weighted by atomic mass is 10.0. The van der Waals surface area contributed by atoms with Gasteiger partial charge < -0.3 is 20.1 Å². The Morgan fingerprint density at radius 1 is 0.897 bits per heavy atom. The lowest BCUT2D eigenvalue weighted by Crippen LogP contribution is -2.38. The van der Waals surface area contributed by atoms with E-state index < -0.39 is 88.3 Å². The summed E-state index contributed by atoms with van der Waals surface area (Å²) in [5.41, 5.74) is 6.71. The first-order valence-corrected chi connectivity index (χ1v) is 22.1. The van der Waals surface area contributed by atoms with Crippen molar-refractivity contribution in [3.05, 3.63) is 117 Å². The second-order valence-corrected chi connectivity index (χ2v) is 18.9. The molecule has 58 heavy (non-hydrogen) atoms. The number of fused-ring (bicyclic) bond motifs is 5. The standard InChI is InChI=1S/C34H33F2N7O12P2S/c1-17-2-6-19(7-3-17)27(45)20-8-4-18(5-9-20)14-58-57(49)51-13-22-24(35)28(32(52-22)42-11-10-23(44)41-34(42)46)54-56(47,48)50-12-21-25(36)29(55-57)33(53-21)43-16-40-26-30(37)38-15-39-31(26)43/h2-11,15-16,21-22,24-25,28-29,32-33H,12-14H2,1H3,(H,47,48)(H2,37,38,39)(H,41,44,46)/t21-,22-,24-,25-,28-,29-,32-,33-,57-/m1/s1. The van der Waals surface area contributed by atoms with Gasteiger partial charge in [0.2, 0.25) is 0 Å². The summed E-state index contributed by atoms with van der Waals surface area (Å²) >= 11 is 0.612. The highest BCUT2D eigenvalue weighted by molar-refractivity contribution is 8.54. The van der Waals surface area contributed by atoms with Gasteiger partial charge in [-0.3, -0.25) is 41.8 Å². The van der Waals surface area contributed by atoms with Crippen molar-refractivity contribution in [3.8, 4) is 0 Å². The van der Waals surface area contributed by atoms with Crippen LogP contribution in [0.5, 0.6) is 0 Å². The van der Waals surface area contributed by atoms with Crippen LogP contribution in [0.1, 0.15) is 39.5 Å². The highest BCUT2D eigenvalue weighted by atomic mass is 32.7. The van der Waals surface area contributed by atoms with Crippen molar-refractivity contribution < 1.29 is 55.2 Å². The van der Waals surface area contributed by atoms with Gasteiger partial charge in [0, 0.05) is 29.1 Å². The quantitative estimate of drug-likeness (QED) is 0.155. The molecule has 0 aliphatic carbocycles. The number of H-pyrrole nitrogens is 1. The highest BCUT2D eigenvalue weighted by Crippen LogP contribution is 2.65. The number of aryl methyl sites for hydroxylation is 1. The molecule has 306 valence electrons. The molecule has 0 radical (unpaired) electrons. The number of nitrogens with one attached hydrogen (secondary N) is 1. The predicted molar refractivity (Wildman–Crippen MR) is 200 cm³/mol. The molecule has 4 N–H and O–H groups in total. The third kappa shape index (κ3) is 8.09. The maximum absolute atomic E-state index is 16.6. The molecule has 3 saturated heterocycles. The number of hydrogen-bond donors (Lipinski definition) is 3. The second-order valence-electron chi connectivity index (χ2n) is 13.4. The number of ether oxygens (including phenoxy) is 2. The molecule has 24 heteroatoms. The Bertz CT molecular complexity index is 2560. The summed E-state index contributed by atoms with van der Waals surface area (Å²) in [6.07, 6.45) is -11.8. The number of nitrogen functional groups attached to an aromatic ring is 1. The summed E-state index contributed by atoms with van der Waals surface area (Å²) in [6.45, 7) is -4.58. The van der Waals surface area contributed by atoms with Crippen molar-refractivity contribution in [2.45, 2.75) is 61.9 Å². The van der Waals surface area contributed by atoms with Crippen LogP contribution in [0.3, 0.4) is 0 Å². The molecule has 8 rings (SSSR count). The normalized spacial score (nSPS) is 31.6. The van der Waals surface area contributed by atoms with Gasteiger partial charge in [0.1, 0.15) is 36.3 Å².